The first-order chi connectivity index (χ1) is 18.6. The smallest absolute Gasteiger partial charge is 0.305 e. The Morgan fingerprint density at radius 1 is 1.13 bits per heavy atom. The van der Waals surface area contributed by atoms with Gasteiger partial charge in [-0.15, -0.1) is 0 Å². The standard InChI is InChI=1S/C29H34N6O3/c1-2-33-12-13-34-27(18-30-28(34)19-33)26(16-29(36)37)35-25-10-9-23(15-21(25)17-31-35)38-14-11-22-8-7-20-5-3-4-6-24(20)32-22/h7-10,15,17-18,26H,2-6,11-14,16,19H2,1H3,(H,36,37). The number of carboxylic acid groups (broad SMARTS) is 1. The Bertz CT molecular complexity index is 1460. The topological polar surface area (TPSA) is 98.3 Å². The molecule has 1 N–H and O–H groups in total. The van der Waals surface area contributed by atoms with Gasteiger partial charge in [-0.25, -0.2) is 4.98 Å². The minimum atomic E-state index is -0.865. The summed E-state index contributed by atoms with van der Waals surface area (Å²) in [6.07, 6.45) is 9.00. The lowest BCUT2D eigenvalue weighted by Crippen LogP contribution is -2.35. The quantitative estimate of drug-likeness (QED) is 0.360. The summed E-state index contributed by atoms with van der Waals surface area (Å²) in [6, 6.07) is 9.78. The number of nitrogens with zero attached hydrogens (tertiary/aromatic N) is 6. The van der Waals surface area contributed by atoms with Crippen LogP contribution in [0.25, 0.3) is 10.9 Å². The number of aromatic nitrogens is 5. The average Bonchev–Trinajstić information content (AvgIpc) is 3.55. The van der Waals surface area contributed by atoms with Crippen molar-refractivity contribution in [2.45, 2.75) is 64.6 Å². The second kappa shape index (κ2) is 10.6. The molecule has 2 aliphatic rings. The maximum atomic E-state index is 11.9. The third-order valence-electron chi connectivity index (χ3n) is 7.86. The summed E-state index contributed by atoms with van der Waals surface area (Å²) in [5, 5.41) is 15.3. The first-order valence-electron chi connectivity index (χ1n) is 13.6. The Balaban J connectivity index is 1.19. The number of carboxylic acids is 1. The van der Waals surface area contributed by atoms with Crippen LogP contribution in [0.3, 0.4) is 0 Å². The van der Waals surface area contributed by atoms with Crippen molar-refractivity contribution in [3.05, 3.63) is 71.2 Å². The van der Waals surface area contributed by atoms with Crippen molar-refractivity contribution < 1.29 is 14.6 Å². The maximum Gasteiger partial charge on any atom is 0.305 e. The fourth-order valence-corrected chi connectivity index (χ4v) is 5.76. The Kier molecular flexibility index (Phi) is 6.84. The number of pyridine rings is 1. The second-order valence-electron chi connectivity index (χ2n) is 10.3. The molecule has 1 atom stereocenters. The molecule has 0 saturated heterocycles. The molecule has 0 radical (unpaired) electrons. The second-order valence-corrected chi connectivity index (χ2v) is 10.3. The molecule has 38 heavy (non-hydrogen) atoms. The van der Waals surface area contributed by atoms with E-state index in [1.165, 1.54) is 24.1 Å². The van der Waals surface area contributed by atoms with Gasteiger partial charge in [-0.05, 0) is 62.1 Å². The van der Waals surface area contributed by atoms with Gasteiger partial charge in [0.25, 0.3) is 0 Å². The van der Waals surface area contributed by atoms with Crippen molar-refractivity contribution in [1.29, 1.82) is 0 Å². The lowest BCUT2D eigenvalue weighted by atomic mass is 9.96. The van der Waals surface area contributed by atoms with E-state index in [0.29, 0.717) is 6.61 Å². The highest BCUT2D eigenvalue weighted by Gasteiger charge is 2.28. The summed E-state index contributed by atoms with van der Waals surface area (Å²) in [4.78, 5) is 23.7. The van der Waals surface area contributed by atoms with Crippen molar-refractivity contribution in [2.24, 2.45) is 0 Å². The van der Waals surface area contributed by atoms with E-state index in [-0.39, 0.29) is 6.42 Å². The van der Waals surface area contributed by atoms with Crippen LogP contribution in [0, 0.1) is 0 Å². The fraction of sp³-hybridized carbons (Fsp3) is 0.448. The molecule has 0 spiro atoms. The van der Waals surface area contributed by atoms with Gasteiger partial charge < -0.3 is 14.4 Å². The van der Waals surface area contributed by atoms with Crippen molar-refractivity contribution in [3.8, 4) is 5.75 Å². The van der Waals surface area contributed by atoms with E-state index >= 15 is 0 Å². The summed E-state index contributed by atoms with van der Waals surface area (Å²) in [7, 11) is 0. The minimum absolute atomic E-state index is 0.0641. The Morgan fingerprint density at radius 2 is 2.03 bits per heavy atom. The van der Waals surface area contributed by atoms with E-state index in [0.717, 1.165) is 79.3 Å². The molecule has 4 heterocycles. The molecule has 198 valence electrons. The Morgan fingerprint density at radius 3 is 2.89 bits per heavy atom. The first kappa shape index (κ1) is 24.6. The van der Waals surface area contributed by atoms with Crippen LogP contribution in [0.1, 0.15) is 60.7 Å². The van der Waals surface area contributed by atoms with Crippen molar-refractivity contribution in [3.63, 3.8) is 0 Å². The number of benzene rings is 1. The van der Waals surface area contributed by atoms with Crippen LogP contribution in [0.4, 0.5) is 0 Å². The molecule has 4 aromatic rings. The van der Waals surface area contributed by atoms with E-state index in [1.54, 1.807) is 6.20 Å². The van der Waals surface area contributed by atoms with E-state index in [4.69, 9.17) is 9.72 Å². The predicted octanol–water partition coefficient (Wildman–Crippen LogP) is 4.03. The van der Waals surface area contributed by atoms with Gasteiger partial charge in [-0.2, -0.15) is 5.10 Å². The number of hydrogen-bond acceptors (Lipinski definition) is 6. The molecule has 1 aliphatic heterocycles. The highest BCUT2D eigenvalue weighted by Crippen LogP contribution is 2.30. The van der Waals surface area contributed by atoms with Crippen LogP contribution >= 0.6 is 0 Å². The van der Waals surface area contributed by atoms with Crippen LogP contribution < -0.4 is 4.74 Å². The first-order valence-corrected chi connectivity index (χ1v) is 13.6. The van der Waals surface area contributed by atoms with Gasteiger partial charge in [0.15, 0.2) is 0 Å². The zero-order valence-corrected chi connectivity index (χ0v) is 21.8. The third kappa shape index (κ3) is 4.90. The van der Waals surface area contributed by atoms with Gasteiger partial charge in [-0.1, -0.05) is 13.0 Å². The van der Waals surface area contributed by atoms with E-state index < -0.39 is 12.0 Å². The van der Waals surface area contributed by atoms with Gasteiger partial charge in [-0.3, -0.25) is 19.4 Å². The SMILES string of the molecule is CCN1CCn2c(C(CC(=O)O)n3ncc4cc(OCCc5ccc6c(n5)CCCC6)ccc43)cnc2C1. The lowest BCUT2D eigenvalue weighted by Gasteiger charge is -2.28. The summed E-state index contributed by atoms with van der Waals surface area (Å²) < 4.78 is 10.1. The lowest BCUT2D eigenvalue weighted by molar-refractivity contribution is -0.137. The number of imidazole rings is 1. The van der Waals surface area contributed by atoms with Gasteiger partial charge in [0.1, 0.15) is 17.6 Å². The summed E-state index contributed by atoms with van der Waals surface area (Å²) in [5.41, 5.74) is 5.48. The van der Waals surface area contributed by atoms with Crippen LogP contribution in [0.15, 0.2) is 42.7 Å². The fourth-order valence-electron chi connectivity index (χ4n) is 5.76. The van der Waals surface area contributed by atoms with Crippen LogP contribution in [0.5, 0.6) is 5.75 Å². The molecule has 3 aromatic heterocycles. The normalized spacial score (nSPS) is 16.2. The summed E-state index contributed by atoms with van der Waals surface area (Å²) >= 11 is 0. The number of aryl methyl sites for hydroxylation is 2. The Labute approximate surface area is 222 Å². The largest absolute Gasteiger partial charge is 0.493 e. The van der Waals surface area contributed by atoms with Crippen LogP contribution in [-0.4, -0.2) is 60.0 Å². The highest BCUT2D eigenvalue weighted by atomic mass is 16.5. The van der Waals surface area contributed by atoms with E-state index in [1.807, 2.05) is 29.1 Å². The number of ether oxygens (including phenoxy) is 1. The van der Waals surface area contributed by atoms with Gasteiger partial charge in [0.2, 0.25) is 0 Å². The predicted molar refractivity (Wildman–Crippen MR) is 143 cm³/mol. The molecular weight excluding hydrogens is 480 g/mol. The minimum Gasteiger partial charge on any atom is -0.493 e. The molecule has 0 fully saturated rings. The number of likely N-dealkylation sites (N-methyl/N-ethyl adjacent to an activating group) is 1. The van der Waals surface area contributed by atoms with Crippen molar-refractivity contribution in [2.75, 3.05) is 19.7 Å². The number of carbonyl (C=O) groups is 1. The van der Waals surface area contributed by atoms with Gasteiger partial charge in [0, 0.05) is 36.3 Å². The Hall–Kier alpha value is -3.72. The number of fused-ring (bicyclic) bond motifs is 3. The monoisotopic (exact) mass is 514 g/mol. The van der Waals surface area contributed by atoms with Gasteiger partial charge in [0.05, 0.1) is 43.2 Å². The van der Waals surface area contributed by atoms with Crippen LogP contribution in [-0.2, 0) is 37.1 Å². The van der Waals surface area contributed by atoms with Crippen molar-refractivity contribution in [1.82, 2.24) is 29.2 Å². The molecule has 0 amide bonds. The molecular formula is C29H34N6O3. The number of hydrogen-bond donors (Lipinski definition) is 1. The molecule has 1 aliphatic carbocycles. The van der Waals surface area contributed by atoms with Gasteiger partial charge >= 0.3 is 5.97 Å². The zero-order valence-electron chi connectivity index (χ0n) is 21.8. The van der Waals surface area contributed by atoms with E-state index in [2.05, 4.69) is 38.6 Å². The summed E-state index contributed by atoms with van der Waals surface area (Å²) in [6.45, 7) is 6.16. The molecule has 1 aromatic carbocycles. The van der Waals surface area contributed by atoms with E-state index in [9.17, 15) is 9.90 Å². The molecule has 1 unspecified atom stereocenters. The molecule has 6 rings (SSSR count). The number of rotatable bonds is 9. The third-order valence-corrected chi connectivity index (χ3v) is 7.86. The highest BCUT2D eigenvalue weighted by molar-refractivity contribution is 5.81. The maximum absolute atomic E-state index is 11.9. The van der Waals surface area contributed by atoms with Crippen molar-refractivity contribution >= 4 is 16.9 Å². The summed E-state index contributed by atoms with van der Waals surface area (Å²) in [5.74, 6) is 0.881. The molecule has 9 heteroatoms. The average molecular weight is 515 g/mol. The molecule has 0 bridgehead atoms. The molecule has 0 saturated carbocycles. The number of aliphatic carboxylic acids is 1. The zero-order chi connectivity index (χ0) is 26.1. The van der Waals surface area contributed by atoms with Crippen LogP contribution in [0.2, 0.25) is 0 Å². The molecule has 9 nitrogen and oxygen atoms in total.